The molecule has 5 heteroatoms. The summed E-state index contributed by atoms with van der Waals surface area (Å²) in [6, 6.07) is 4.00. The minimum Gasteiger partial charge on any atom is -0.383 e. The van der Waals surface area contributed by atoms with Crippen LogP contribution in [0.5, 0.6) is 0 Å². The first kappa shape index (κ1) is 12.0. The van der Waals surface area contributed by atoms with Crippen LogP contribution in [0.3, 0.4) is 0 Å². The van der Waals surface area contributed by atoms with E-state index in [9.17, 15) is 0 Å². The SMILES string of the molecule is CCc1cc2c(N)nc(-c3ccncc3C)nc2s1. The lowest BCUT2D eigenvalue weighted by atomic mass is 10.1. The van der Waals surface area contributed by atoms with E-state index in [1.807, 2.05) is 19.2 Å². The topological polar surface area (TPSA) is 64.7 Å². The molecule has 19 heavy (non-hydrogen) atoms. The zero-order valence-corrected chi connectivity index (χ0v) is 11.7. The van der Waals surface area contributed by atoms with Crippen molar-refractivity contribution in [2.45, 2.75) is 20.3 Å². The lowest BCUT2D eigenvalue weighted by Crippen LogP contribution is -1.97. The van der Waals surface area contributed by atoms with Gasteiger partial charge < -0.3 is 5.73 Å². The molecular weight excluding hydrogens is 256 g/mol. The molecular formula is C14H14N4S. The fourth-order valence-corrected chi connectivity index (χ4v) is 2.99. The van der Waals surface area contributed by atoms with Crippen molar-refractivity contribution < 1.29 is 0 Å². The second-order valence-electron chi connectivity index (χ2n) is 4.41. The minimum absolute atomic E-state index is 0.548. The number of nitrogens with zero attached hydrogens (tertiary/aromatic N) is 3. The second kappa shape index (κ2) is 4.59. The van der Waals surface area contributed by atoms with Gasteiger partial charge in [-0.3, -0.25) is 4.98 Å². The van der Waals surface area contributed by atoms with Crippen LogP contribution in [0.2, 0.25) is 0 Å². The predicted molar refractivity (Wildman–Crippen MR) is 79.2 cm³/mol. The number of thiophene rings is 1. The molecule has 3 heterocycles. The van der Waals surface area contributed by atoms with E-state index in [0.29, 0.717) is 11.6 Å². The first-order valence-corrected chi connectivity index (χ1v) is 6.97. The van der Waals surface area contributed by atoms with Crippen molar-refractivity contribution in [2.24, 2.45) is 0 Å². The van der Waals surface area contributed by atoms with Crippen LogP contribution in [0.1, 0.15) is 17.4 Å². The van der Waals surface area contributed by atoms with Crippen LogP contribution in [0.25, 0.3) is 21.6 Å². The first-order valence-electron chi connectivity index (χ1n) is 6.16. The molecule has 0 aliphatic heterocycles. The molecule has 3 aromatic heterocycles. The quantitative estimate of drug-likeness (QED) is 0.776. The lowest BCUT2D eigenvalue weighted by molar-refractivity contribution is 1.19. The fourth-order valence-electron chi connectivity index (χ4n) is 2.01. The van der Waals surface area contributed by atoms with E-state index in [4.69, 9.17) is 5.73 Å². The number of fused-ring (bicyclic) bond motifs is 1. The van der Waals surface area contributed by atoms with Crippen molar-refractivity contribution in [3.8, 4) is 11.4 Å². The second-order valence-corrected chi connectivity index (χ2v) is 5.52. The Labute approximate surface area is 115 Å². The van der Waals surface area contributed by atoms with E-state index in [1.54, 1.807) is 17.5 Å². The predicted octanol–water partition coefficient (Wildman–Crippen LogP) is 3.21. The number of aromatic nitrogens is 3. The number of aryl methyl sites for hydroxylation is 2. The van der Waals surface area contributed by atoms with Gasteiger partial charge in [0.1, 0.15) is 10.6 Å². The molecule has 0 bridgehead atoms. The summed E-state index contributed by atoms with van der Waals surface area (Å²) in [4.78, 5) is 15.4. The van der Waals surface area contributed by atoms with E-state index in [-0.39, 0.29) is 0 Å². The molecule has 0 spiro atoms. The first-order chi connectivity index (χ1) is 9.19. The Hall–Kier alpha value is -2.01. The van der Waals surface area contributed by atoms with Crippen molar-refractivity contribution in [2.75, 3.05) is 5.73 Å². The Balaban J connectivity index is 2.23. The van der Waals surface area contributed by atoms with Crippen LogP contribution >= 0.6 is 11.3 Å². The number of pyridine rings is 1. The smallest absolute Gasteiger partial charge is 0.163 e. The molecule has 0 saturated carbocycles. The van der Waals surface area contributed by atoms with Crippen molar-refractivity contribution in [3.05, 3.63) is 35.0 Å². The van der Waals surface area contributed by atoms with Crippen molar-refractivity contribution in [3.63, 3.8) is 0 Å². The number of rotatable bonds is 2. The van der Waals surface area contributed by atoms with Gasteiger partial charge in [-0.15, -0.1) is 11.3 Å². The van der Waals surface area contributed by atoms with E-state index >= 15 is 0 Å². The normalized spacial score (nSPS) is 11.1. The van der Waals surface area contributed by atoms with Gasteiger partial charge in [-0.05, 0) is 31.0 Å². The summed E-state index contributed by atoms with van der Waals surface area (Å²) in [6.07, 6.45) is 4.55. The van der Waals surface area contributed by atoms with Crippen LogP contribution in [0, 0.1) is 6.92 Å². The summed E-state index contributed by atoms with van der Waals surface area (Å²) in [6.45, 7) is 4.13. The number of hydrogen-bond acceptors (Lipinski definition) is 5. The summed E-state index contributed by atoms with van der Waals surface area (Å²) in [5, 5.41) is 0.956. The van der Waals surface area contributed by atoms with Gasteiger partial charge in [0.25, 0.3) is 0 Å². The fraction of sp³-hybridized carbons (Fsp3) is 0.214. The molecule has 0 fully saturated rings. The molecule has 0 aliphatic rings. The monoisotopic (exact) mass is 270 g/mol. The summed E-state index contributed by atoms with van der Waals surface area (Å²) in [7, 11) is 0. The highest BCUT2D eigenvalue weighted by molar-refractivity contribution is 7.18. The zero-order valence-electron chi connectivity index (χ0n) is 10.8. The molecule has 0 saturated heterocycles. The zero-order chi connectivity index (χ0) is 13.4. The van der Waals surface area contributed by atoms with Crippen LogP contribution in [0.4, 0.5) is 5.82 Å². The molecule has 3 aromatic rings. The third-order valence-corrected chi connectivity index (χ3v) is 4.26. The number of anilines is 1. The van der Waals surface area contributed by atoms with Crippen molar-refractivity contribution in [1.29, 1.82) is 0 Å². The summed E-state index contributed by atoms with van der Waals surface area (Å²) in [5.74, 6) is 1.22. The highest BCUT2D eigenvalue weighted by Gasteiger charge is 2.11. The molecule has 96 valence electrons. The lowest BCUT2D eigenvalue weighted by Gasteiger charge is -2.04. The van der Waals surface area contributed by atoms with E-state index in [1.165, 1.54) is 4.88 Å². The summed E-state index contributed by atoms with van der Waals surface area (Å²) in [5.41, 5.74) is 8.08. The minimum atomic E-state index is 0.548. The van der Waals surface area contributed by atoms with Gasteiger partial charge in [0, 0.05) is 22.8 Å². The molecule has 0 amide bonds. The standard InChI is InChI=1S/C14H14N4S/c1-3-9-6-11-12(15)17-13(18-14(11)19-9)10-4-5-16-7-8(10)2/h4-7H,3H2,1-2H3,(H2,15,17,18). The van der Waals surface area contributed by atoms with Crippen LogP contribution in [-0.4, -0.2) is 15.0 Å². The van der Waals surface area contributed by atoms with E-state index in [0.717, 1.165) is 27.8 Å². The van der Waals surface area contributed by atoms with Crippen LogP contribution < -0.4 is 5.73 Å². The Bertz CT molecular complexity index is 748. The molecule has 4 nitrogen and oxygen atoms in total. The highest BCUT2D eigenvalue weighted by atomic mass is 32.1. The highest BCUT2D eigenvalue weighted by Crippen LogP contribution is 2.30. The number of hydrogen-bond donors (Lipinski definition) is 1. The van der Waals surface area contributed by atoms with Gasteiger partial charge in [0.2, 0.25) is 0 Å². The van der Waals surface area contributed by atoms with Gasteiger partial charge in [-0.25, -0.2) is 9.97 Å². The van der Waals surface area contributed by atoms with Crippen molar-refractivity contribution in [1.82, 2.24) is 15.0 Å². The molecule has 2 N–H and O–H groups in total. The summed E-state index contributed by atoms with van der Waals surface area (Å²) >= 11 is 1.68. The molecule has 0 aromatic carbocycles. The van der Waals surface area contributed by atoms with Gasteiger partial charge >= 0.3 is 0 Å². The Morgan fingerprint density at radius 3 is 2.89 bits per heavy atom. The van der Waals surface area contributed by atoms with Crippen LogP contribution in [-0.2, 0) is 6.42 Å². The Morgan fingerprint density at radius 2 is 2.16 bits per heavy atom. The van der Waals surface area contributed by atoms with Crippen LogP contribution in [0.15, 0.2) is 24.5 Å². The molecule has 0 atom stereocenters. The largest absolute Gasteiger partial charge is 0.383 e. The average Bonchev–Trinajstić information content (AvgIpc) is 2.83. The van der Waals surface area contributed by atoms with Gasteiger partial charge in [-0.2, -0.15) is 0 Å². The van der Waals surface area contributed by atoms with Crippen molar-refractivity contribution >= 4 is 27.4 Å². The average molecular weight is 270 g/mol. The molecule has 0 radical (unpaired) electrons. The maximum absolute atomic E-state index is 6.05. The van der Waals surface area contributed by atoms with Gasteiger partial charge in [-0.1, -0.05) is 6.92 Å². The number of nitrogens with two attached hydrogens (primary N) is 1. The third kappa shape index (κ3) is 2.06. The Morgan fingerprint density at radius 1 is 1.32 bits per heavy atom. The molecule has 0 aliphatic carbocycles. The molecule has 0 unspecified atom stereocenters. The van der Waals surface area contributed by atoms with Gasteiger partial charge in [0.05, 0.1) is 5.39 Å². The van der Waals surface area contributed by atoms with E-state index in [2.05, 4.69) is 27.9 Å². The maximum atomic E-state index is 6.05. The van der Waals surface area contributed by atoms with Gasteiger partial charge in [0.15, 0.2) is 5.82 Å². The third-order valence-electron chi connectivity index (χ3n) is 3.08. The number of nitrogen functional groups attached to an aromatic ring is 1. The maximum Gasteiger partial charge on any atom is 0.163 e. The Kier molecular flexibility index (Phi) is 2.91. The summed E-state index contributed by atoms with van der Waals surface area (Å²) < 4.78 is 0. The van der Waals surface area contributed by atoms with E-state index < -0.39 is 0 Å². The molecule has 3 rings (SSSR count).